The molecule has 0 unspecified atom stereocenters. The number of rotatable bonds is 3. The summed E-state index contributed by atoms with van der Waals surface area (Å²) < 4.78 is 5.38. The fraction of sp³-hybridized carbons (Fsp3) is 0.200. The molecule has 0 amide bonds. The van der Waals surface area contributed by atoms with Crippen molar-refractivity contribution in [3.8, 4) is 11.5 Å². The van der Waals surface area contributed by atoms with E-state index in [9.17, 15) is 4.79 Å². The van der Waals surface area contributed by atoms with E-state index in [1.165, 1.54) is 11.3 Å². The normalized spacial score (nSPS) is 10.5. The molecule has 78 valence electrons. The fourth-order valence-corrected chi connectivity index (χ4v) is 1.98. The summed E-state index contributed by atoms with van der Waals surface area (Å²) in [7, 11) is 0. The Kier molecular flexibility index (Phi) is 2.55. The van der Waals surface area contributed by atoms with Gasteiger partial charge in [0.1, 0.15) is 16.5 Å². The first-order valence-corrected chi connectivity index (χ1v) is 5.26. The van der Waals surface area contributed by atoms with Crippen molar-refractivity contribution in [1.29, 1.82) is 0 Å². The molecule has 15 heavy (non-hydrogen) atoms. The number of carboxylic acid groups (broad SMARTS) is 1. The molecule has 5 heteroatoms. The van der Waals surface area contributed by atoms with E-state index in [0.29, 0.717) is 16.5 Å². The Labute approximate surface area is 90.2 Å². The number of aromatic nitrogens is 1. The average Bonchev–Trinajstić information content (AvgIpc) is 2.72. The van der Waals surface area contributed by atoms with E-state index in [-0.39, 0.29) is 6.42 Å². The molecule has 4 nitrogen and oxygen atoms in total. The number of furan rings is 1. The maximum atomic E-state index is 10.5. The van der Waals surface area contributed by atoms with Gasteiger partial charge in [-0.3, -0.25) is 4.79 Å². The topological polar surface area (TPSA) is 63.3 Å². The van der Waals surface area contributed by atoms with Crippen molar-refractivity contribution < 1.29 is 14.3 Å². The molecule has 0 saturated heterocycles. The zero-order valence-electron chi connectivity index (χ0n) is 8.06. The van der Waals surface area contributed by atoms with Gasteiger partial charge in [0.15, 0.2) is 5.76 Å². The van der Waals surface area contributed by atoms with Crippen molar-refractivity contribution in [2.24, 2.45) is 0 Å². The Hall–Kier alpha value is -1.62. The number of nitrogens with zero attached hydrogens (tertiary/aromatic N) is 1. The zero-order valence-corrected chi connectivity index (χ0v) is 8.87. The quantitative estimate of drug-likeness (QED) is 0.867. The maximum Gasteiger partial charge on any atom is 0.310 e. The lowest BCUT2D eigenvalue weighted by Crippen LogP contribution is -1.98. The lowest BCUT2D eigenvalue weighted by molar-refractivity contribution is -0.136. The van der Waals surface area contributed by atoms with Gasteiger partial charge in [-0.25, -0.2) is 4.98 Å². The lowest BCUT2D eigenvalue weighted by Gasteiger charge is -1.89. The molecule has 0 saturated carbocycles. The number of hydrogen-bond donors (Lipinski definition) is 1. The van der Waals surface area contributed by atoms with Crippen LogP contribution in [0.15, 0.2) is 21.9 Å². The maximum absolute atomic E-state index is 10.5. The molecule has 0 aromatic carbocycles. The van der Waals surface area contributed by atoms with Crippen molar-refractivity contribution in [2.45, 2.75) is 13.3 Å². The van der Waals surface area contributed by atoms with Crippen molar-refractivity contribution >= 4 is 17.3 Å². The van der Waals surface area contributed by atoms with E-state index in [1.807, 2.05) is 19.1 Å². The molecular weight excluding hydrogens is 214 g/mol. The van der Waals surface area contributed by atoms with Crippen LogP contribution in [-0.4, -0.2) is 16.1 Å². The number of aliphatic carboxylic acids is 1. The molecule has 0 aliphatic rings. The molecule has 0 atom stereocenters. The Balaban J connectivity index is 2.23. The summed E-state index contributed by atoms with van der Waals surface area (Å²) in [6.07, 6.45) is -0.0373. The second-order valence-corrected chi connectivity index (χ2v) is 4.05. The van der Waals surface area contributed by atoms with Gasteiger partial charge in [0.25, 0.3) is 0 Å². The third-order valence-electron chi connectivity index (χ3n) is 1.85. The Morgan fingerprint density at radius 1 is 1.60 bits per heavy atom. The van der Waals surface area contributed by atoms with Crippen molar-refractivity contribution in [2.75, 3.05) is 0 Å². The van der Waals surface area contributed by atoms with Gasteiger partial charge in [-0.15, -0.1) is 11.3 Å². The third kappa shape index (κ3) is 2.24. The van der Waals surface area contributed by atoms with Gasteiger partial charge in [-0.1, -0.05) is 0 Å². The van der Waals surface area contributed by atoms with Crippen LogP contribution >= 0.6 is 11.3 Å². The summed E-state index contributed by atoms with van der Waals surface area (Å²) in [6.45, 7) is 1.86. The molecule has 2 aromatic rings. The Morgan fingerprint density at radius 3 is 3.00 bits per heavy atom. The SMILES string of the molecule is Cc1ccc(-c2csc(CC(=O)O)n2)o1. The second kappa shape index (κ2) is 3.86. The molecule has 0 aliphatic heterocycles. The summed E-state index contributed by atoms with van der Waals surface area (Å²) in [5.74, 6) is 0.629. The third-order valence-corrected chi connectivity index (χ3v) is 2.70. The Morgan fingerprint density at radius 2 is 2.40 bits per heavy atom. The molecule has 0 spiro atoms. The molecule has 1 N–H and O–H groups in total. The van der Waals surface area contributed by atoms with Gasteiger partial charge in [0, 0.05) is 5.38 Å². The molecule has 2 aromatic heterocycles. The predicted octanol–water partition coefficient (Wildman–Crippen LogP) is 2.34. The van der Waals surface area contributed by atoms with E-state index in [2.05, 4.69) is 4.98 Å². The van der Waals surface area contributed by atoms with Gasteiger partial charge in [-0.2, -0.15) is 0 Å². The smallest absolute Gasteiger partial charge is 0.310 e. The largest absolute Gasteiger partial charge is 0.481 e. The highest BCUT2D eigenvalue weighted by Gasteiger charge is 2.09. The first kappa shape index (κ1) is 9.92. The summed E-state index contributed by atoms with van der Waals surface area (Å²) in [4.78, 5) is 14.6. The van der Waals surface area contributed by atoms with Crippen LogP contribution in [-0.2, 0) is 11.2 Å². The van der Waals surface area contributed by atoms with Crippen LogP contribution in [0.2, 0.25) is 0 Å². The van der Waals surface area contributed by atoms with Gasteiger partial charge in [0.05, 0.1) is 6.42 Å². The molecular formula is C10H9NO3S. The van der Waals surface area contributed by atoms with E-state index in [4.69, 9.17) is 9.52 Å². The first-order valence-electron chi connectivity index (χ1n) is 4.38. The molecule has 2 heterocycles. The van der Waals surface area contributed by atoms with E-state index in [0.717, 1.165) is 5.76 Å². The Bertz CT molecular complexity index is 486. The second-order valence-electron chi connectivity index (χ2n) is 3.11. The fourth-order valence-electron chi connectivity index (χ4n) is 1.21. The van der Waals surface area contributed by atoms with Crippen LogP contribution in [0.25, 0.3) is 11.5 Å². The molecule has 0 bridgehead atoms. The molecule has 0 aliphatic carbocycles. The highest BCUT2D eigenvalue weighted by molar-refractivity contribution is 7.10. The van der Waals surface area contributed by atoms with E-state index >= 15 is 0 Å². The molecule has 0 radical (unpaired) electrons. The number of aryl methyl sites for hydroxylation is 1. The van der Waals surface area contributed by atoms with Gasteiger partial charge < -0.3 is 9.52 Å². The predicted molar refractivity (Wildman–Crippen MR) is 55.9 cm³/mol. The highest BCUT2D eigenvalue weighted by Crippen LogP contribution is 2.23. The number of hydrogen-bond acceptors (Lipinski definition) is 4. The summed E-state index contributed by atoms with van der Waals surface area (Å²) >= 11 is 1.33. The van der Waals surface area contributed by atoms with Crippen LogP contribution in [0.5, 0.6) is 0 Å². The van der Waals surface area contributed by atoms with Crippen LogP contribution in [0, 0.1) is 6.92 Å². The van der Waals surface area contributed by atoms with Crippen LogP contribution in [0.3, 0.4) is 0 Å². The van der Waals surface area contributed by atoms with Crippen molar-refractivity contribution in [3.05, 3.63) is 28.3 Å². The molecule has 2 rings (SSSR count). The average molecular weight is 223 g/mol. The van der Waals surface area contributed by atoms with Crippen molar-refractivity contribution in [3.63, 3.8) is 0 Å². The number of carbonyl (C=O) groups is 1. The lowest BCUT2D eigenvalue weighted by atomic mass is 10.3. The van der Waals surface area contributed by atoms with Gasteiger partial charge >= 0.3 is 5.97 Å². The van der Waals surface area contributed by atoms with Gasteiger partial charge in [0.2, 0.25) is 0 Å². The summed E-state index contributed by atoms with van der Waals surface area (Å²) in [5.41, 5.74) is 0.698. The zero-order chi connectivity index (χ0) is 10.8. The van der Waals surface area contributed by atoms with Crippen LogP contribution in [0.1, 0.15) is 10.8 Å². The minimum atomic E-state index is -0.869. The standard InChI is InChI=1S/C10H9NO3S/c1-6-2-3-8(14-6)7-5-15-9(11-7)4-10(12)13/h2-3,5H,4H2,1H3,(H,12,13). The number of carboxylic acids is 1. The van der Waals surface area contributed by atoms with Crippen LogP contribution < -0.4 is 0 Å². The highest BCUT2D eigenvalue weighted by atomic mass is 32.1. The van der Waals surface area contributed by atoms with E-state index in [1.54, 1.807) is 5.38 Å². The minimum Gasteiger partial charge on any atom is -0.481 e. The first-order chi connectivity index (χ1) is 7.15. The van der Waals surface area contributed by atoms with E-state index < -0.39 is 5.97 Å². The van der Waals surface area contributed by atoms with Crippen LogP contribution in [0.4, 0.5) is 0 Å². The summed E-state index contributed by atoms with van der Waals surface area (Å²) in [6, 6.07) is 3.68. The van der Waals surface area contributed by atoms with Crippen molar-refractivity contribution in [1.82, 2.24) is 4.98 Å². The number of thiazole rings is 1. The minimum absolute atomic E-state index is 0.0373. The van der Waals surface area contributed by atoms with Gasteiger partial charge in [-0.05, 0) is 19.1 Å². The molecule has 0 fully saturated rings. The summed E-state index contributed by atoms with van der Waals surface area (Å²) in [5, 5.41) is 11.0. The monoisotopic (exact) mass is 223 g/mol.